The molecule has 0 spiro atoms. The molecule has 92 valence electrons. The molecule has 0 heterocycles. The summed E-state index contributed by atoms with van der Waals surface area (Å²) in [5.74, 6) is 0. The van der Waals surface area contributed by atoms with Crippen molar-refractivity contribution in [3.8, 4) is 0 Å². The van der Waals surface area contributed by atoms with Crippen molar-refractivity contribution in [2.24, 2.45) is 0 Å². The molecule has 0 aromatic heterocycles. The fourth-order valence-electron chi connectivity index (χ4n) is 2.40. The SMILES string of the molecule is O=C(O)N[C@@H]1CCC[C@H](Nc2ccccc2)C1. The zero-order valence-corrected chi connectivity index (χ0v) is 9.73. The molecule has 1 amide bonds. The van der Waals surface area contributed by atoms with E-state index in [2.05, 4.69) is 10.6 Å². The lowest BCUT2D eigenvalue weighted by Gasteiger charge is -2.30. The molecule has 1 aromatic carbocycles. The lowest BCUT2D eigenvalue weighted by atomic mass is 9.91. The van der Waals surface area contributed by atoms with Gasteiger partial charge in [-0.15, -0.1) is 0 Å². The number of carbonyl (C=O) groups is 1. The highest BCUT2D eigenvalue weighted by Gasteiger charge is 2.22. The van der Waals surface area contributed by atoms with Gasteiger partial charge in [-0.05, 0) is 37.8 Å². The molecule has 2 rings (SSSR count). The van der Waals surface area contributed by atoms with Crippen LogP contribution in [0.2, 0.25) is 0 Å². The average molecular weight is 234 g/mol. The number of anilines is 1. The van der Waals surface area contributed by atoms with Gasteiger partial charge in [-0.2, -0.15) is 0 Å². The Hall–Kier alpha value is -1.71. The first kappa shape index (κ1) is 11.8. The highest BCUT2D eigenvalue weighted by molar-refractivity contribution is 5.64. The van der Waals surface area contributed by atoms with Crippen LogP contribution in [0, 0.1) is 0 Å². The van der Waals surface area contributed by atoms with Crippen LogP contribution >= 0.6 is 0 Å². The zero-order valence-electron chi connectivity index (χ0n) is 9.73. The third kappa shape index (κ3) is 3.66. The van der Waals surface area contributed by atoms with Gasteiger partial charge in [0.15, 0.2) is 0 Å². The molecule has 3 N–H and O–H groups in total. The molecular weight excluding hydrogens is 216 g/mol. The lowest BCUT2D eigenvalue weighted by Crippen LogP contribution is -2.41. The van der Waals surface area contributed by atoms with Crippen molar-refractivity contribution in [1.29, 1.82) is 0 Å². The standard InChI is InChI=1S/C13H18N2O2/c16-13(17)15-12-8-4-7-11(9-12)14-10-5-2-1-3-6-10/h1-3,5-6,11-12,14-15H,4,7-9H2,(H,16,17)/t11-,12+/m0/s1. The number of para-hydroxylation sites is 1. The number of hydrogen-bond acceptors (Lipinski definition) is 2. The van der Waals surface area contributed by atoms with Crippen LogP contribution in [0.25, 0.3) is 0 Å². The minimum atomic E-state index is -0.921. The Morgan fingerprint density at radius 1 is 1.18 bits per heavy atom. The van der Waals surface area contributed by atoms with Gasteiger partial charge in [0.05, 0.1) is 0 Å². The summed E-state index contributed by atoms with van der Waals surface area (Å²) in [7, 11) is 0. The van der Waals surface area contributed by atoms with E-state index in [1.54, 1.807) is 0 Å². The maximum atomic E-state index is 10.6. The first-order chi connectivity index (χ1) is 8.24. The van der Waals surface area contributed by atoms with Crippen molar-refractivity contribution in [2.75, 3.05) is 5.32 Å². The summed E-state index contributed by atoms with van der Waals surface area (Å²) in [5.41, 5.74) is 1.11. The van der Waals surface area contributed by atoms with Gasteiger partial charge in [-0.3, -0.25) is 0 Å². The fraction of sp³-hybridized carbons (Fsp3) is 0.462. The van der Waals surface area contributed by atoms with E-state index in [-0.39, 0.29) is 6.04 Å². The molecule has 2 atom stereocenters. The van der Waals surface area contributed by atoms with E-state index in [0.29, 0.717) is 6.04 Å². The monoisotopic (exact) mass is 234 g/mol. The van der Waals surface area contributed by atoms with E-state index in [1.807, 2.05) is 30.3 Å². The van der Waals surface area contributed by atoms with Crippen molar-refractivity contribution >= 4 is 11.8 Å². The lowest BCUT2D eigenvalue weighted by molar-refractivity contribution is 0.185. The van der Waals surface area contributed by atoms with Gasteiger partial charge in [-0.1, -0.05) is 18.2 Å². The third-order valence-electron chi connectivity index (χ3n) is 3.15. The van der Waals surface area contributed by atoms with E-state index in [0.717, 1.165) is 31.4 Å². The number of carboxylic acid groups (broad SMARTS) is 1. The predicted octanol–water partition coefficient (Wildman–Crippen LogP) is 2.68. The molecule has 1 aliphatic carbocycles. The number of benzene rings is 1. The summed E-state index contributed by atoms with van der Waals surface area (Å²) in [4.78, 5) is 10.6. The van der Waals surface area contributed by atoms with Crippen LogP contribution in [-0.2, 0) is 0 Å². The molecule has 1 saturated carbocycles. The van der Waals surface area contributed by atoms with Crippen molar-refractivity contribution in [3.63, 3.8) is 0 Å². The van der Waals surface area contributed by atoms with Crippen LogP contribution in [0.15, 0.2) is 30.3 Å². The Morgan fingerprint density at radius 3 is 2.59 bits per heavy atom. The highest BCUT2D eigenvalue weighted by atomic mass is 16.4. The average Bonchev–Trinajstić information content (AvgIpc) is 2.30. The molecule has 0 aliphatic heterocycles. The Morgan fingerprint density at radius 2 is 1.88 bits per heavy atom. The van der Waals surface area contributed by atoms with E-state index < -0.39 is 6.09 Å². The fourth-order valence-corrected chi connectivity index (χ4v) is 2.40. The largest absolute Gasteiger partial charge is 0.465 e. The van der Waals surface area contributed by atoms with E-state index in [4.69, 9.17) is 5.11 Å². The summed E-state index contributed by atoms with van der Waals surface area (Å²) >= 11 is 0. The van der Waals surface area contributed by atoms with E-state index in [1.165, 1.54) is 0 Å². The van der Waals surface area contributed by atoms with Gasteiger partial charge in [-0.25, -0.2) is 4.79 Å². The molecule has 0 unspecified atom stereocenters. The molecule has 4 nitrogen and oxygen atoms in total. The summed E-state index contributed by atoms with van der Waals surface area (Å²) in [6.45, 7) is 0. The minimum absolute atomic E-state index is 0.0856. The van der Waals surface area contributed by atoms with Crippen LogP contribution in [0.3, 0.4) is 0 Å². The van der Waals surface area contributed by atoms with Crippen LogP contribution in [-0.4, -0.2) is 23.3 Å². The molecule has 4 heteroatoms. The third-order valence-corrected chi connectivity index (χ3v) is 3.15. The van der Waals surface area contributed by atoms with Crippen molar-refractivity contribution < 1.29 is 9.90 Å². The molecule has 1 fully saturated rings. The summed E-state index contributed by atoms with van der Waals surface area (Å²) in [6, 6.07) is 10.5. The van der Waals surface area contributed by atoms with Crippen molar-refractivity contribution in [1.82, 2.24) is 5.32 Å². The van der Waals surface area contributed by atoms with Gasteiger partial charge >= 0.3 is 6.09 Å². The van der Waals surface area contributed by atoms with Crippen LogP contribution in [0.5, 0.6) is 0 Å². The summed E-state index contributed by atoms with van der Waals surface area (Å²) in [5, 5.41) is 14.7. The second-order valence-corrected chi connectivity index (χ2v) is 4.52. The Labute approximate surface area is 101 Å². The van der Waals surface area contributed by atoms with Gasteiger partial charge in [0.2, 0.25) is 0 Å². The smallest absolute Gasteiger partial charge is 0.404 e. The predicted molar refractivity (Wildman–Crippen MR) is 67.3 cm³/mol. The molecule has 1 aromatic rings. The summed E-state index contributed by atoms with van der Waals surface area (Å²) in [6.07, 6.45) is 3.05. The van der Waals surface area contributed by atoms with Crippen LogP contribution in [0.1, 0.15) is 25.7 Å². The molecular formula is C13H18N2O2. The number of hydrogen-bond donors (Lipinski definition) is 3. The zero-order chi connectivity index (χ0) is 12.1. The highest BCUT2D eigenvalue weighted by Crippen LogP contribution is 2.22. The van der Waals surface area contributed by atoms with Gasteiger partial charge < -0.3 is 15.7 Å². The topological polar surface area (TPSA) is 61.4 Å². The van der Waals surface area contributed by atoms with Crippen molar-refractivity contribution in [3.05, 3.63) is 30.3 Å². The minimum Gasteiger partial charge on any atom is -0.465 e. The van der Waals surface area contributed by atoms with Crippen LogP contribution < -0.4 is 10.6 Å². The normalized spacial score (nSPS) is 24.0. The number of rotatable bonds is 3. The molecule has 1 aliphatic rings. The Kier molecular flexibility index (Phi) is 3.85. The second-order valence-electron chi connectivity index (χ2n) is 4.52. The molecule has 0 bridgehead atoms. The van der Waals surface area contributed by atoms with E-state index in [9.17, 15) is 4.79 Å². The second kappa shape index (κ2) is 5.57. The first-order valence-electron chi connectivity index (χ1n) is 6.05. The van der Waals surface area contributed by atoms with E-state index >= 15 is 0 Å². The van der Waals surface area contributed by atoms with Crippen LogP contribution in [0.4, 0.5) is 10.5 Å². The number of nitrogens with one attached hydrogen (secondary N) is 2. The maximum absolute atomic E-state index is 10.6. The Bertz CT molecular complexity index is 367. The molecule has 0 radical (unpaired) electrons. The van der Waals surface area contributed by atoms with Crippen molar-refractivity contribution in [2.45, 2.75) is 37.8 Å². The maximum Gasteiger partial charge on any atom is 0.404 e. The first-order valence-corrected chi connectivity index (χ1v) is 6.05. The molecule has 0 saturated heterocycles. The summed E-state index contributed by atoms with van der Waals surface area (Å²) < 4.78 is 0. The van der Waals surface area contributed by atoms with Gasteiger partial charge in [0.1, 0.15) is 0 Å². The number of amides is 1. The van der Waals surface area contributed by atoms with Gasteiger partial charge in [0, 0.05) is 17.8 Å². The Balaban J connectivity index is 1.87. The van der Waals surface area contributed by atoms with Gasteiger partial charge in [0.25, 0.3) is 0 Å². The molecule has 17 heavy (non-hydrogen) atoms. The quantitative estimate of drug-likeness (QED) is 0.753.